The monoisotopic (exact) mass is 368 g/mol. The Hall–Kier alpha value is -2.60. The Labute approximate surface area is 156 Å². The predicted octanol–water partition coefficient (Wildman–Crippen LogP) is 3.81. The molecule has 0 aliphatic carbocycles. The van der Waals surface area contributed by atoms with Gasteiger partial charge in [0.25, 0.3) is 5.56 Å². The minimum atomic E-state index is -0.350. The lowest BCUT2D eigenvalue weighted by Crippen LogP contribution is -2.25. The Kier molecular flexibility index (Phi) is 5.73. The lowest BCUT2D eigenvalue weighted by Gasteiger charge is -2.16. The Balaban J connectivity index is 2.01. The average molecular weight is 368 g/mol. The summed E-state index contributed by atoms with van der Waals surface area (Å²) < 4.78 is 6.28. The van der Waals surface area contributed by atoms with Crippen molar-refractivity contribution in [1.29, 1.82) is 0 Å². The fraction of sp³-hybridized carbons (Fsp3) is 0.250. The quantitative estimate of drug-likeness (QED) is 0.376. The number of thioether (sulfide) groups is 1. The third kappa shape index (κ3) is 3.96. The molecule has 134 valence electrons. The number of methoxy groups -OCH3 is 1. The van der Waals surface area contributed by atoms with Crippen molar-refractivity contribution < 1.29 is 9.53 Å². The largest absolute Gasteiger partial charge is 0.469 e. The molecule has 0 aliphatic heterocycles. The number of carbonyl (C=O) groups is 1. The van der Waals surface area contributed by atoms with Gasteiger partial charge in [0, 0.05) is 11.8 Å². The normalized spacial score (nSPS) is 12.1. The third-order valence-corrected chi connectivity index (χ3v) is 5.29. The lowest BCUT2D eigenvalue weighted by atomic mass is 10.2. The summed E-state index contributed by atoms with van der Waals surface area (Å²) in [6.45, 7) is 2.32. The van der Waals surface area contributed by atoms with E-state index in [1.165, 1.54) is 18.9 Å². The fourth-order valence-corrected chi connectivity index (χ4v) is 3.75. The van der Waals surface area contributed by atoms with Gasteiger partial charge in [-0.1, -0.05) is 54.2 Å². The summed E-state index contributed by atoms with van der Waals surface area (Å²) in [6.07, 6.45) is 0.129. The maximum Gasteiger partial charge on any atom is 0.307 e. The van der Waals surface area contributed by atoms with Crippen molar-refractivity contribution in [3.05, 3.63) is 70.5 Å². The number of fused-ring (bicyclic) bond motifs is 1. The van der Waals surface area contributed by atoms with Crippen LogP contribution in [0, 0.1) is 0 Å². The smallest absolute Gasteiger partial charge is 0.307 e. The molecule has 5 nitrogen and oxygen atoms in total. The molecule has 1 aromatic heterocycles. The van der Waals surface area contributed by atoms with Crippen molar-refractivity contribution in [2.75, 3.05) is 7.11 Å². The number of rotatable bonds is 6. The standard InChI is InChI=1S/C20H20N2O3S/c1-14(15-8-4-3-5-9-15)26-20-21-17-11-7-6-10-16(17)19(24)22(20)13-12-18(23)25-2/h3-11,14H,12-13H2,1-2H3. The molecule has 0 amide bonds. The van der Waals surface area contributed by atoms with Gasteiger partial charge < -0.3 is 4.74 Å². The lowest BCUT2D eigenvalue weighted by molar-refractivity contribution is -0.140. The van der Waals surface area contributed by atoms with E-state index < -0.39 is 0 Å². The maximum atomic E-state index is 12.9. The first-order valence-corrected chi connectivity index (χ1v) is 9.26. The summed E-state index contributed by atoms with van der Waals surface area (Å²) in [5, 5.41) is 1.27. The van der Waals surface area contributed by atoms with Crippen LogP contribution in [0.2, 0.25) is 0 Å². The molecule has 1 unspecified atom stereocenters. The molecule has 0 spiro atoms. The first kappa shape index (κ1) is 18.2. The van der Waals surface area contributed by atoms with Crippen LogP contribution in [0.4, 0.5) is 0 Å². The van der Waals surface area contributed by atoms with Crippen LogP contribution in [-0.2, 0) is 16.1 Å². The van der Waals surface area contributed by atoms with Crippen molar-refractivity contribution in [1.82, 2.24) is 9.55 Å². The first-order valence-electron chi connectivity index (χ1n) is 8.38. The van der Waals surface area contributed by atoms with Crippen LogP contribution in [0.5, 0.6) is 0 Å². The third-order valence-electron chi connectivity index (χ3n) is 4.14. The van der Waals surface area contributed by atoms with Gasteiger partial charge in [-0.3, -0.25) is 14.2 Å². The van der Waals surface area contributed by atoms with Gasteiger partial charge in [-0.25, -0.2) is 4.98 Å². The highest BCUT2D eigenvalue weighted by molar-refractivity contribution is 7.99. The van der Waals surface area contributed by atoms with E-state index in [0.29, 0.717) is 16.1 Å². The van der Waals surface area contributed by atoms with E-state index in [1.54, 1.807) is 10.6 Å². The molecular weight excluding hydrogens is 348 g/mol. The molecule has 0 saturated heterocycles. The van der Waals surface area contributed by atoms with Crippen LogP contribution in [0.15, 0.2) is 64.5 Å². The number of esters is 1. The zero-order valence-electron chi connectivity index (χ0n) is 14.7. The van der Waals surface area contributed by atoms with Crippen LogP contribution in [0.25, 0.3) is 10.9 Å². The molecule has 3 rings (SSSR count). The summed E-state index contributed by atoms with van der Waals surface area (Å²) in [5.74, 6) is -0.350. The minimum Gasteiger partial charge on any atom is -0.469 e. The maximum absolute atomic E-state index is 12.9. The SMILES string of the molecule is COC(=O)CCn1c(SC(C)c2ccccc2)nc2ccccc2c1=O. The highest BCUT2D eigenvalue weighted by Crippen LogP contribution is 2.33. The number of aromatic nitrogens is 2. The van der Waals surface area contributed by atoms with Gasteiger partial charge in [-0.15, -0.1) is 0 Å². The van der Waals surface area contributed by atoms with Crippen molar-refractivity contribution >= 4 is 28.6 Å². The van der Waals surface area contributed by atoms with Gasteiger partial charge in [0.2, 0.25) is 0 Å². The van der Waals surface area contributed by atoms with E-state index in [2.05, 4.69) is 24.0 Å². The Morgan fingerprint density at radius 3 is 2.58 bits per heavy atom. The Morgan fingerprint density at radius 2 is 1.85 bits per heavy atom. The van der Waals surface area contributed by atoms with Crippen molar-refractivity contribution in [2.24, 2.45) is 0 Å². The van der Waals surface area contributed by atoms with Gasteiger partial charge in [-0.05, 0) is 24.6 Å². The van der Waals surface area contributed by atoms with Crippen molar-refractivity contribution in [3.63, 3.8) is 0 Å². The minimum absolute atomic E-state index is 0.119. The van der Waals surface area contributed by atoms with Crippen molar-refractivity contribution in [3.8, 4) is 0 Å². The zero-order valence-corrected chi connectivity index (χ0v) is 15.5. The molecule has 0 bridgehead atoms. The molecule has 0 aliphatic rings. The summed E-state index contributed by atoms with van der Waals surface area (Å²) in [6, 6.07) is 17.3. The number of benzene rings is 2. The zero-order chi connectivity index (χ0) is 18.5. The second-order valence-electron chi connectivity index (χ2n) is 5.87. The molecule has 0 fully saturated rings. The van der Waals surface area contributed by atoms with Crippen LogP contribution in [0.1, 0.15) is 24.2 Å². The van der Waals surface area contributed by atoms with Gasteiger partial charge in [0.05, 0.1) is 24.4 Å². The highest BCUT2D eigenvalue weighted by atomic mass is 32.2. The van der Waals surface area contributed by atoms with Gasteiger partial charge >= 0.3 is 5.97 Å². The van der Waals surface area contributed by atoms with Crippen LogP contribution in [0.3, 0.4) is 0 Å². The molecule has 3 aromatic rings. The number of carbonyl (C=O) groups excluding carboxylic acids is 1. The van der Waals surface area contributed by atoms with E-state index >= 15 is 0 Å². The topological polar surface area (TPSA) is 61.2 Å². The summed E-state index contributed by atoms with van der Waals surface area (Å²) in [7, 11) is 1.34. The highest BCUT2D eigenvalue weighted by Gasteiger charge is 2.16. The van der Waals surface area contributed by atoms with E-state index in [1.807, 2.05) is 36.4 Å². The van der Waals surface area contributed by atoms with Gasteiger partial charge in [0.15, 0.2) is 5.16 Å². The van der Waals surface area contributed by atoms with Gasteiger partial charge in [0.1, 0.15) is 0 Å². The second kappa shape index (κ2) is 8.19. The Morgan fingerprint density at radius 1 is 1.15 bits per heavy atom. The summed E-state index contributed by atoms with van der Waals surface area (Å²) >= 11 is 1.51. The molecule has 0 radical (unpaired) electrons. The number of ether oxygens (including phenoxy) is 1. The average Bonchev–Trinajstić information content (AvgIpc) is 2.68. The van der Waals surface area contributed by atoms with E-state index in [0.717, 1.165) is 5.56 Å². The molecule has 0 saturated carbocycles. The molecule has 1 heterocycles. The van der Waals surface area contributed by atoms with Gasteiger partial charge in [-0.2, -0.15) is 0 Å². The number of hydrogen-bond acceptors (Lipinski definition) is 5. The molecule has 0 N–H and O–H groups in total. The molecule has 1 atom stereocenters. The molecule has 6 heteroatoms. The predicted molar refractivity (Wildman–Crippen MR) is 103 cm³/mol. The first-order chi connectivity index (χ1) is 12.6. The number of hydrogen-bond donors (Lipinski definition) is 0. The molecular formula is C20H20N2O3S. The van der Waals surface area contributed by atoms with E-state index in [-0.39, 0.29) is 29.7 Å². The van der Waals surface area contributed by atoms with Crippen LogP contribution < -0.4 is 5.56 Å². The number of para-hydroxylation sites is 1. The fourth-order valence-electron chi connectivity index (χ4n) is 2.69. The van der Waals surface area contributed by atoms with Crippen LogP contribution in [-0.4, -0.2) is 22.6 Å². The summed E-state index contributed by atoms with van der Waals surface area (Å²) in [4.78, 5) is 29.2. The molecule has 26 heavy (non-hydrogen) atoms. The number of nitrogens with zero attached hydrogens (tertiary/aromatic N) is 2. The summed E-state index contributed by atoms with van der Waals surface area (Å²) in [5.41, 5.74) is 1.68. The van der Waals surface area contributed by atoms with Crippen molar-refractivity contribution in [2.45, 2.75) is 30.3 Å². The second-order valence-corrected chi connectivity index (χ2v) is 7.17. The van der Waals surface area contributed by atoms with E-state index in [9.17, 15) is 9.59 Å². The van der Waals surface area contributed by atoms with Crippen LogP contribution >= 0.6 is 11.8 Å². The Bertz CT molecular complexity index is 970. The van der Waals surface area contributed by atoms with E-state index in [4.69, 9.17) is 4.74 Å². The molecule has 2 aromatic carbocycles.